The predicted molar refractivity (Wildman–Crippen MR) is 89.6 cm³/mol. The molecule has 0 bridgehead atoms. The first-order valence-electron chi connectivity index (χ1n) is 8.19. The number of aliphatic hydroxyl groups is 3. The molecule has 0 saturated carbocycles. The minimum Gasteiger partial charge on any atom is -0.394 e. The highest BCUT2D eigenvalue weighted by Gasteiger charge is 2.07. The second-order valence-corrected chi connectivity index (χ2v) is 5.43. The predicted octanol–water partition coefficient (Wildman–Crippen LogP) is 2.75. The van der Waals surface area contributed by atoms with Crippen LogP contribution in [0.4, 0.5) is 0 Å². The van der Waals surface area contributed by atoms with Crippen LogP contribution in [0.2, 0.25) is 0 Å². The second-order valence-electron chi connectivity index (χ2n) is 5.43. The standard InChI is InChI=1S/C11H24O3.C7H8O/c1-3-5-6-10(4-2)8-14-9-11(13)7-12;8-6-7-4-2-1-3-5-7/h10-13H,3-9H2,1-2H3;1-5,8H,6H2. The van der Waals surface area contributed by atoms with Crippen molar-refractivity contribution in [2.24, 2.45) is 5.92 Å². The van der Waals surface area contributed by atoms with Gasteiger partial charge in [0.05, 0.1) is 19.8 Å². The van der Waals surface area contributed by atoms with Gasteiger partial charge in [0.1, 0.15) is 6.10 Å². The molecule has 1 rings (SSSR count). The van der Waals surface area contributed by atoms with Gasteiger partial charge in [0.15, 0.2) is 0 Å². The number of rotatable bonds is 10. The van der Waals surface area contributed by atoms with E-state index in [0.717, 1.165) is 12.0 Å². The summed E-state index contributed by atoms with van der Waals surface area (Å²) in [6.45, 7) is 5.22. The Hall–Kier alpha value is -0.940. The summed E-state index contributed by atoms with van der Waals surface area (Å²) in [6.07, 6.45) is 4.05. The maximum absolute atomic E-state index is 9.04. The summed E-state index contributed by atoms with van der Waals surface area (Å²) in [5.74, 6) is 0.598. The quantitative estimate of drug-likeness (QED) is 0.621. The van der Waals surface area contributed by atoms with E-state index in [1.165, 1.54) is 19.3 Å². The van der Waals surface area contributed by atoms with Crippen molar-refractivity contribution in [3.63, 3.8) is 0 Å². The number of hydrogen-bond donors (Lipinski definition) is 3. The van der Waals surface area contributed by atoms with Crippen LogP contribution in [0, 0.1) is 5.92 Å². The first-order valence-corrected chi connectivity index (χ1v) is 8.19. The normalized spacial score (nSPS) is 13.1. The summed E-state index contributed by atoms with van der Waals surface area (Å²) >= 11 is 0. The van der Waals surface area contributed by atoms with Crippen molar-refractivity contribution >= 4 is 0 Å². The Bertz CT molecular complexity index is 329. The van der Waals surface area contributed by atoms with E-state index in [1.54, 1.807) is 0 Å². The number of benzene rings is 1. The van der Waals surface area contributed by atoms with E-state index in [1.807, 2.05) is 30.3 Å². The minimum absolute atomic E-state index is 0.140. The lowest BCUT2D eigenvalue weighted by Crippen LogP contribution is -2.21. The lowest BCUT2D eigenvalue weighted by Gasteiger charge is -2.15. The molecule has 0 aliphatic rings. The van der Waals surface area contributed by atoms with Crippen molar-refractivity contribution < 1.29 is 20.1 Å². The molecule has 2 atom stereocenters. The van der Waals surface area contributed by atoms with E-state index >= 15 is 0 Å². The molecule has 128 valence electrons. The van der Waals surface area contributed by atoms with Crippen LogP contribution in [0.5, 0.6) is 0 Å². The lowest BCUT2D eigenvalue weighted by molar-refractivity contribution is -0.00599. The Morgan fingerprint density at radius 2 is 1.73 bits per heavy atom. The number of hydrogen-bond acceptors (Lipinski definition) is 4. The first kappa shape index (κ1) is 21.1. The zero-order valence-corrected chi connectivity index (χ0v) is 13.9. The van der Waals surface area contributed by atoms with Gasteiger partial charge in [-0.3, -0.25) is 0 Å². The summed E-state index contributed by atoms with van der Waals surface area (Å²) in [5, 5.41) is 26.2. The van der Waals surface area contributed by atoms with Crippen molar-refractivity contribution in [3.05, 3.63) is 35.9 Å². The second kappa shape index (κ2) is 15.0. The van der Waals surface area contributed by atoms with Crippen LogP contribution in [0.15, 0.2) is 30.3 Å². The summed E-state index contributed by atoms with van der Waals surface area (Å²) < 4.78 is 5.33. The van der Waals surface area contributed by atoms with Crippen molar-refractivity contribution in [1.29, 1.82) is 0 Å². The average molecular weight is 312 g/mol. The van der Waals surface area contributed by atoms with E-state index in [9.17, 15) is 0 Å². The maximum atomic E-state index is 9.04. The van der Waals surface area contributed by atoms with E-state index in [0.29, 0.717) is 12.5 Å². The van der Waals surface area contributed by atoms with Crippen molar-refractivity contribution in [2.75, 3.05) is 19.8 Å². The highest BCUT2D eigenvalue weighted by Crippen LogP contribution is 2.12. The molecule has 0 aliphatic carbocycles. The molecule has 0 radical (unpaired) electrons. The maximum Gasteiger partial charge on any atom is 0.100 e. The molecule has 0 amide bonds. The highest BCUT2D eigenvalue weighted by atomic mass is 16.5. The van der Waals surface area contributed by atoms with Gasteiger partial charge >= 0.3 is 0 Å². The summed E-state index contributed by atoms with van der Waals surface area (Å²) in [6, 6.07) is 9.52. The Morgan fingerprint density at radius 3 is 2.18 bits per heavy atom. The third-order valence-electron chi connectivity index (χ3n) is 3.44. The van der Waals surface area contributed by atoms with E-state index in [-0.39, 0.29) is 19.8 Å². The molecule has 0 fully saturated rings. The molecule has 4 nitrogen and oxygen atoms in total. The Balaban J connectivity index is 0.000000461. The summed E-state index contributed by atoms with van der Waals surface area (Å²) in [4.78, 5) is 0. The van der Waals surface area contributed by atoms with E-state index < -0.39 is 6.10 Å². The fourth-order valence-electron chi connectivity index (χ4n) is 1.90. The molecular formula is C18H32O4. The third kappa shape index (κ3) is 11.7. The van der Waals surface area contributed by atoms with E-state index in [4.69, 9.17) is 20.1 Å². The van der Waals surface area contributed by atoms with E-state index in [2.05, 4.69) is 13.8 Å². The Kier molecular flexibility index (Phi) is 14.3. The molecule has 0 heterocycles. The Labute approximate surface area is 134 Å². The van der Waals surface area contributed by atoms with Crippen molar-refractivity contribution in [3.8, 4) is 0 Å². The largest absolute Gasteiger partial charge is 0.394 e. The molecular weight excluding hydrogens is 280 g/mol. The van der Waals surface area contributed by atoms with Gasteiger partial charge in [0.2, 0.25) is 0 Å². The van der Waals surface area contributed by atoms with Gasteiger partial charge < -0.3 is 20.1 Å². The van der Waals surface area contributed by atoms with Crippen LogP contribution in [0.3, 0.4) is 0 Å². The summed E-state index contributed by atoms with van der Waals surface area (Å²) in [7, 11) is 0. The molecule has 4 heteroatoms. The Morgan fingerprint density at radius 1 is 1.05 bits per heavy atom. The molecule has 0 spiro atoms. The summed E-state index contributed by atoms with van der Waals surface area (Å²) in [5.41, 5.74) is 0.965. The van der Waals surface area contributed by atoms with Gasteiger partial charge in [-0.05, 0) is 17.9 Å². The molecule has 0 saturated heterocycles. The zero-order valence-electron chi connectivity index (χ0n) is 13.9. The van der Waals surface area contributed by atoms with Gasteiger partial charge in [0, 0.05) is 6.61 Å². The third-order valence-corrected chi connectivity index (χ3v) is 3.44. The van der Waals surface area contributed by atoms with Crippen LogP contribution < -0.4 is 0 Å². The highest BCUT2D eigenvalue weighted by molar-refractivity contribution is 5.12. The lowest BCUT2D eigenvalue weighted by atomic mass is 10.0. The number of ether oxygens (including phenoxy) is 1. The molecule has 0 aromatic heterocycles. The number of unbranched alkanes of at least 4 members (excludes halogenated alkanes) is 1. The fourth-order valence-corrected chi connectivity index (χ4v) is 1.90. The van der Waals surface area contributed by atoms with Crippen LogP contribution >= 0.6 is 0 Å². The van der Waals surface area contributed by atoms with Crippen molar-refractivity contribution in [1.82, 2.24) is 0 Å². The van der Waals surface area contributed by atoms with Gasteiger partial charge in [0.25, 0.3) is 0 Å². The number of aliphatic hydroxyl groups excluding tert-OH is 3. The van der Waals surface area contributed by atoms with Gasteiger partial charge in [-0.2, -0.15) is 0 Å². The first-order chi connectivity index (χ1) is 10.7. The van der Waals surface area contributed by atoms with Crippen LogP contribution in [0.1, 0.15) is 45.1 Å². The molecule has 0 aliphatic heterocycles. The fraction of sp³-hybridized carbons (Fsp3) is 0.667. The minimum atomic E-state index is -0.723. The van der Waals surface area contributed by atoms with Crippen LogP contribution in [-0.4, -0.2) is 41.2 Å². The van der Waals surface area contributed by atoms with Gasteiger partial charge in [-0.1, -0.05) is 63.4 Å². The molecule has 1 aromatic carbocycles. The molecule has 1 aromatic rings. The SMILES string of the molecule is CCCCC(CC)COCC(O)CO.OCc1ccccc1. The molecule has 3 N–H and O–H groups in total. The van der Waals surface area contributed by atoms with Crippen LogP contribution in [-0.2, 0) is 11.3 Å². The monoisotopic (exact) mass is 312 g/mol. The molecule has 22 heavy (non-hydrogen) atoms. The van der Waals surface area contributed by atoms with Crippen LogP contribution in [0.25, 0.3) is 0 Å². The van der Waals surface area contributed by atoms with Gasteiger partial charge in [-0.25, -0.2) is 0 Å². The topological polar surface area (TPSA) is 69.9 Å². The molecule has 2 unspecified atom stereocenters. The smallest absolute Gasteiger partial charge is 0.100 e. The zero-order chi connectivity index (χ0) is 16.6. The average Bonchev–Trinajstić information content (AvgIpc) is 2.58. The van der Waals surface area contributed by atoms with Gasteiger partial charge in [-0.15, -0.1) is 0 Å². The van der Waals surface area contributed by atoms with Crippen molar-refractivity contribution in [2.45, 2.75) is 52.2 Å².